The standard InChI is InChI=1S/C19H25ClN4O3/c20-16-4-2-1-3-15(16)19(27)21-8-7-18(26)24-11-9-23(10-12-24)13-17(25)22-14-5-6-14/h1-4,14H,5-13H2,(H,21,27)(H,22,25). The molecule has 3 rings (SSSR count). The van der Waals surface area contributed by atoms with Crippen molar-refractivity contribution in [3.8, 4) is 0 Å². The van der Waals surface area contributed by atoms with Crippen molar-refractivity contribution in [2.75, 3.05) is 39.3 Å². The highest BCUT2D eigenvalue weighted by Crippen LogP contribution is 2.18. The number of amides is 3. The van der Waals surface area contributed by atoms with Crippen LogP contribution in [0, 0.1) is 0 Å². The molecule has 1 aromatic rings. The Labute approximate surface area is 164 Å². The van der Waals surface area contributed by atoms with E-state index in [1.807, 2.05) is 0 Å². The SMILES string of the molecule is O=C(CN1CCN(C(=O)CCNC(=O)c2ccccc2Cl)CC1)NC1CC1. The normalized spacial score (nSPS) is 17.4. The topological polar surface area (TPSA) is 81.8 Å². The zero-order valence-corrected chi connectivity index (χ0v) is 16.0. The minimum Gasteiger partial charge on any atom is -0.352 e. The molecule has 2 N–H and O–H groups in total. The van der Waals surface area contributed by atoms with E-state index in [1.54, 1.807) is 29.2 Å². The molecule has 0 spiro atoms. The first-order valence-electron chi connectivity index (χ1n) is 9.35. The van der Waals surface area contributed by atoms with Crippen LogP contribution in [-0.4, -0.2) is 72.8 Å². The highest BCUT2D eigenvalue weighted by molar-refractivity contribution is 6.33. The summed E-state index contributed by atoms with van der Waals surface area (Å²) in [6, 6.07) is 7.19. The monoisotopic (exact) mass is 392 g/mol. The molecule has 0 aromatic heterocycles. The van der Waals surface area contributed by atoms with Gasteiger partial charge in [0.1, 0.15) is 0 Å². The van der Waals surface area contributed by atoms with Crippen molar-refractivity contribution in [3.05, 3.63) is 34.9 Å². The summed E-state index contributed by atoms with van der Waals surface area (Å²) >= 11 is 5.99. The highest BCUT2D eigenvalue weighted by atomic mass is 35.5. The molecule has 0 radical (unpaired) electrons. The third-order valence-electron chi connectivity index (χ3n) is 4.78. The molecular formula is C19H25ClN4O3. The molecule has 1 saturated heterocycles. The summed E-state index contributed by atoms with van der Waals surface area (Å²) in [7, 11) is 0. The summed E-state index contributed by atoms with van der Waals surface area (Å²) in [5.74, 6) is -0.198. The third-order valence-corrected chi connectivity index (χ3v) is 5.11. The number of hydrogen-bond donors (Lipinski definition) is 2. The largest absolute Gasteiger partial charge is 0.352 e. The van der Waals surface area contributed by atoms with E-state index in [9.17, 15) is 14.4 Å². The molecule has 1 aliphatic carbocycles. The second kappa shape index (κ2) is 9.19. The molecule has 0 atom stereocenters. The van der Waals surface area contributed by atoms with Gasteiger partial charge < -0.3 is 15.5 Å². The lowest BCUT2D eigenvalue weighted by atomic mass is 10.2. The predicted molar refractivity (Wildman–Crippen MR) is 103 cm³/mol. The van der Waals surface area contributed by atoms with Crippen LogP contribution in [0.2, 0.25) is 5.02 Å². The molecule has 1 aliphatic heterocycles. The van der Waals surface area contributed by atoms with E-state index in [1.165, 1.54) is 0 Å². The third kappa shape index (κ3) is 5.94. The fourth-order valence-electron chi connectivity index (χ4n) is 3.04. The van der Waals surface area contributed by atoms with Crippen LogP contribution < -0.4 is 10.6 Å². The number of nitrogens with zero attached hydrogens (tertiary/aromatic N) is 2. The molecule has 1 saturated carbocycles. The number of hydrogen-bond acceptors (Lipinski definition) is 4. The van der Waals surface area contributed by atoms with E-state index in [0.717, 1.165) is 12.8 Å². The molecule has 0 unspecified atom stereocenters. The fourth-order valence-corrected chi connectivity index (χ4v) is 3.26. The Hall–Kier alpha value is -2.12. The van der Waals surface area contributed by atoms with Gasteiger partial charge in [-0.1, -0.05) is 23.7 Å². The highest BCUT2D eigenvalue weighted by Gasteiger charge is 2.26. The van der Waals surface area contributed by atoms with E-state index in [0.29, 0.717) is 49.4 Å². The van der Waals surface area contributed by atoms with Gasteiger partial charge in [-0.15, -0.1) is 0 Å². The molecule has 2 aliphatic rings. The van der Waals surface area contributed by atoms with Gasteiger partial charge in [0.15, 0.2) is 0 Å². The number of halogens is 1. The molecule has 1 heterocycles. The van der Waals surface area contributed by atoms with Crippen LogP contribution in [0.1, 0.15) is 29.6 Å². The van der Waals surface area contributed by atoms with Gasteiger partial charge in [0.25, 0.3) is 5.91 Å². The van der Waals surface area contributed by atoms with Crippen LogP contribution in [-0.2, 0) is 9.59 Å². The van der Waals surface area contributed by atoms with E-state index in [2.05, 4.69) is 15.5 Å². The van der Waals surface area contributed by atoms with Gasteiger partial charge in [0.2, 0.25) is 11.8 Å². The molecule has 0 bridgehead atoms. The molecule has 8 heteroatoms. The van der Waals surface area contributed by atoms with Crippen molar-refractivity contribution in [3.63, 3.8) is 0 Å². The summed E-state index contributed by atoms with van der Waals surface area (Å²) in [6.45, 7) is 3.26. The van der Waals surface area contributed by atoms with Crippen molar-refractivity contribution in [1.82, 2.24) is 20.4 Å². The van der Waals surface area contributed by atoms with Crippen molar-refractivity contribution in [2.24, 2.45) is 0 Å². The van der Waals surface area contributed by atoms with Gasteiger partial charge in [-0.3, -0.25) is 19.3 Å². The lowest BCUT2D eigenvalue weighted by molar-refractivity contribution is -0.133. The summed E-state index contributed by atoms with van der Waals surface area (Å²) in [4.78, 5) is 40.1. The van der Waals surface area contributed by atoms with Gasteiger partial charge in [-0.2, -0.15) is 0 Å². The van der Waals surface area contributed by atoms with Gasteiger partial charge in [-0.25, -0.2) is 0 Å². The number of rotatable bonds is 7. The van der Waals surface area contributed by atoms with Crippen LogP contribution in [0.3, 0.4) is 0 Å². The second-order valence-corrected chi connectivity index (χ2v) is 7.39. The van der Waals surface area contributed by atoms with Gasteiger partial charge in [0, 0.05) is 45.2 Å². The zero-order valence-electron chi connectivity index (χ0n) is 15.2. The smallest absolute Gasteiger partial charge is 0.252 e. The Morgan fingerprint density at radius 3 is 2.44 bits per heavy atom. The van der Waals surface area contributed by atoms with Crippen LogP contribution in [0.4, 0.5) is 0 Å². The maximum atomic E-state index is 12.3. The average Bonchev–Trinajstić information content (AvgIpc) is 3.46. The average molecular weight is 393 g/mol. The lowest BCUT2D eigenvalue weighted by Gasteiger charge is -2.34. The van der Waals surface area contributed by atoms with E-state index < -0.39 is 0 Å². The first kappa shape index (κ1) is 19.6. The molecule has 1 aromatic carbocycles. The Morgan fingerprint density at radius 1 is 1.07 bits per heavy atom. The van der Waals surface area contributed by atoms with Gasteiger partial charge >= 0.3 is 0 Å². The van der Waals surface area contributed by atoms with E-state index in [4.69, 9.17) is 11.6 Å². The molecule has 27 heavy (non-hydrogen) atoms. The summed E-state index contributed by atoms with van der Waals surface area (Å²) in [5, 5.41) is 6.11. The number of piperazine rings is 1. The van der Waals surface area contributed by atoms with Crippen molar-refractivity contribution in [1.29, 1.82) is 0 Å². The Balaban J connectivity index is 1.34. The number of carbonyl (C=O) groups is 3. The number of nitrogens with one attached hydrogen (secondary N) is 2. The quantitative estimate of drug-likeness (QED) is 0.721. The second-order valence-electron chi connectivity index (χ2n) is 6.98. The first-order chi connectivity index (χ1) is 13.0. The molecule has 7 nitrogen and oxygen atoms in total. The van der Waals surface area contributed by atoms with Crippen molar-refractivity contribution >= 4 is 29.3 Å². The van der Waals surface area contributed by atoms with E-state index in [-0.39, 0.29) is 30.7 Å². The van der Waals surface area contributed by atoms with Crippen molar-refractivity contribution in [2.45, 2.75) is 25.3 Å². The first-order valence-corrected chi connectivity index (χ1v) is 9.73. The predicted octanol–water partition coefficient (Wildman–Crippen LogP) is 0.883. The fraction of sp³-hybridized carbons (Fsp3) is 0.526. The maximum absolute atomic E-state index is 12.3. The Kier molecular flexibility index (Phi) is 6.68. The number of benzene rings is 1. The maximum Gasteiger partial charge on any atom is 0.252 e. The summed E-state index contributed by atoms with van der Waals surface area (Å²) in [5.41, 5.74) is 0.407. The molecule has 3 amide bonds. The molecule has 146 valence electrons. The zero-order chi connectivity index (χ0) is 19.2. The van der Waals surface area contributed by atoms with Crippen LogP contribution >= 0.6 is 11.6 Å². The van der Waals surface area contributed by atoms with Crippen molar-refractivity contribution < 1.29 is 14.4 Å². The van der Waals surface area contributed by atoms with Gasteiger partial charge in [0.05, 0.1) is 17.1 Å². The minimum absolute atomic E-state index is 0.0107. The summed E-state index contributed by atoms with van der Waals surface area (Å²) < 4.78 is 0. The van der Waals surface area contributed by atoms with Gasteiger partial charge in [-0.05, 0) is 25.0 Å². The Bertz CT molecular complexity index is 700. The molecular weight excluding hydrogens is 368 g/mol. The minimum atomic E-state index is -0.278. The lowest BCUT2D eigenvalue weighted by Crippen LogP contribution is -2.51. The summed E-state index contributed by atoms with van der Waals surface area (Å²) in [6.07, 6.45) is 2.42. The number of carbonyl (C=O) groups excluding carboxylic acids is 3. The van der Waals surface area contributed by atoms with Crippen LogP contribution in [0.25, 0.3) is 0 Å². The molecule has 2 fully saturated rings. The van der Waals surface area contributed by atoms with Crippen LogP contribution in [0.5, 0.6) is 0 Å². The Morgan fingerprint density at radius 2 is 1.78 bits per heavy atom. The van der Waals surface area contributed by atoms with E-state index >= 15 is 0 Å². The van der Waals surface area contributed by atoms with Crippen LogP contribution in [0.15, 0.2) is 24.3 Å².